The highest BCUT2D eigenvalue weighted by atomic mass is 16.5. The molecule has 1 saturated heterocycles. The minimum absolute atomic E-state index is 0.0308. The summed E-state index contributed by atoms with van der Waals surface area (Å²) in [5.74, 6) is -0.976. The molecule has 1 amide bonds. The van der Waals surface area contributed by atoms with Crippen molar-refractivity contribution in [2.24, 2.45) is 11.8 Å². The lowest BCUT2D eigenvalue weighted by molar-refractivity contribution is -0.141. The Morgan fingerprint density at radius 2 is 1.70 bits per heavy atom. The maximum Gasteiger partial charge on any atom is 0.311 e. The summed E-state index contributed by atoms with van der Waals surface area (Å²) < 4.78 is 5.40. The molecular formula is C28H27NO4. The molecule has 1 fully saturated rings. The Bertz CT molecular complexity index is 1160. The summed E-state index contributed by atoms with van der Waals surface area (Å²) in [6.07, 6.45) is 1.39. The van der Waals surface area contributed by atoms with Gasteiger partial charge in [-0.05, 0) is 59.7 Å². The second-order valence-corrected chi connectivity index (χ2v) is 9.00. The Morgan fingerprint density at radius 1 is 1.00 bits per heavy atom. The van der Waals surface area contributed by atoms with Crippen LogP contribution in [0.2, 0.25) is 0 Å². The summed E-state index contributed by atoms with van der Waals surface area (Å²) in [7, 11) is 1.59. The fourth-order valence-corrected chi connectivity index (χ4v) is 5.77. The van der Waals surface area contributed by atoms with Crippen molar-refractivity contribution in [3.63, 3.8) is 0 Å². The topological polar surface area (TPSA) is 66.8 Å². The first-order chi connectivity index (χ1) is 16.1. The zero-order chi connectivity index (χ0) is 22.9. The number of fused-ring (bicyclic) bond motifs is 2. The van der Waals surface area contributed by atoms with Gasteiger partial charge in [-0.1, -0.05) is 54.6 Å². The van der Waals surface area contributed by atoms with E-state index in [1.165, 1.54) is 0 Å². The van der Waals surface area contributed by atoms with E-state index in [4.69, 9.17) is 4.74 Å². The molecule has 1 aliphatic heterocycles. The molecule has 1 heterocycles. The fraction of sp³-hybridized carbons (Fsp3) is 0.286. The molecule has 0 bridgehead atoms. The summed E-state index contributed by atoms with van der Waals surface area (Å²) in [6, 6.07) is 24.9. The molecule has 4 atom stereocenters. The molecule has 5 heteroatoms. The van der Waals surface area contributed by atoms with Crippen LogP contribution in [-0.2, 0) is 17.6 Å². The normalized spacial score (nSPS) is 23.5. The maximum atomic E-state index is 13.6. The Kier molecular flexibility index (Phi) is 5.63. The number of rotatable bonds is 5. The maximum absolute atomic E-state index is 13.6. The van der Waals surface area contributed by atoms with Crippen LogP contribution in [0.3, 0.4) is 0 Å². The highest BCUT2D eigenvalue weighted by molar-refractivity contribution is 5.95. The van der Waals surface area contributed by atoms with E-state index in [2.05, 4.69) is 0 Å². The van der Waals surface area contributed by atoms with Crippen LogP contribution < -0.4 is 4.74 Å². The lowest BCUT2D eigenvalue weighted by Gasteiger charge is -2.36. The predicted molar refractivity (Wildman–Crippen MR) is 125 cm³/mol. The first-order valence-electron chi connectivity index (χ1n) is 11.4. The number of carbonyl (C=O) groups is 2. The van der Waals surface area contributed by atoms with E-state index >= 15 is 0 Å². The molecule has 0 unspecified atom stereocenters. The van der Waals surface area contributed by atoms with Crippen LogP contribution >= 0.6 is 0 Å². The molecule has 168 valence electrons. The van der Waals surface area contributed by atoms with Gasteiger partial charge >= 0.3 is 5.97 Å². The zero-order valence-electron chi connectivity index (χ0n) is 18.6. The minimum atomic E-state index is -0.841. The van der Waals surface area contributed by atoms with Gasteiger partial charge in [-0.15, -0.1) is 0 Å². The SMILES string of the molecule is COc1ccc2c(c1)[C@@H](C(=O)O)[C@H]1[C@H](C2)CN(C(=O)c2ccccc2)[C@H]1Cc1ccccc1. The minimum Gasteiger partial charge on any atom is -0.497 e. The van der Waals surface area contributed by atoms with Gasteiger partial charge in [-0.3, -0.25) is 9.59 Å². The van der Waals surface area contributed by atoms with Crippen LogP contribution in [0.25, 0.3) is 0 Å². The smallest absolute Gasteiger partial charge is 0.311 e. The highest BCUT2D eigenvalue weighted by Gasteiger charge is 2.52. The number of nitrogens with zero attached hydrogens (tertiary/aromatic N) is 1. The Balaban J connectivity index is 1.58. The van der Waals surface area contributed by atoms with E-state index < -0.39 is 11.9 Å². The number of aliphatic carboxylic acids is 1. The summed E-state index contributed by atoms with van der Waals surface area (Å²) in [5.41, 5.74) is 3.60. The molecule has 1 aliphatic carbocycles. The monoisotopic (exact) mass is 441 g/mol. The van der Waals surface area contributed by atoms with Gasteiger partial charge in [0.15, 0.2) is 0 Å². The first kappa shape index (κ1) is 21.3. The zero-order valence-corrected chi connectivity index (χ0v) is 18.6. The quantitative estimate of drug-likeness (QED) is 0.637. The molecule has 5 nitrogen and oxygen atoms in total. The number of hydrogen-bond donors (Lipinski definition) is 1. The number of carboxylic acid groups (broad SMARTS) is 1. The average Bonchev–Trinajstić information content (AvgIpc) is 3.20. The molecule has 5 rings (SSSR count). The van der Waals surface area contributed by atoms with Gasteiger partial charge in [0.1, 0.15) is 5.75 Å². The van der Waals surface area contributed by atoms with Gasteiger partial charge in [0.05, 0.1) is 13.0 Å². The molecule has 33 heavy (non-hydrogen) atoms. The summed E-state index contributed by atoms with van der Waals surface area (Å²) in [6.45, 7) is 0.561. The van der Waals surface area contributed by atoms with Crippen molar-refractivity contribution in [3.05, 3.63) is 101 Å². The molecule has 0 saturated carbocycles. The molecule has 2 aliphatic rings. The third kappa shape index (κ3) is 3.88. The third-order valence-corrected chi connectivity index (χ3v) is 7.21. The lowest BCUT2D eigenvalue weighted by Crippen LogP contribution is -2.43. The van der Waals surface area contributed by atoms with Crippen LogP contribution in [0, 0.1) is 11.8 Å². The molecule has 1 N–H and O–H groups in total. The second-order valence-electron chi connectivity index (χ2n) is 9.00. The van der Waals surface area contributed by atoms with E-state index in [0.29, 0.717) is 24.3 Å². The summed E-state index contributed by atoms with van der Waals surface area (Å²) in [5, 5.41) is 10.4. The molecular weight excluding hydrogens is 414 g/mol. The number of methoxy groups -OCH3 is 1. The van der Waals surface area contributed by atoms with Crippen LogP contribution in [-0.4, -0.2) is 41.6 Å². The van der Waals surface area contributed by atoms with E-state index in [-0.39, 0.29) is 23.8 Å². The van der Waals surface area contributed by atoms with Gasteiger partial charge in [0.2, 0.25) is 0 Å². The Hall–Kier alpha value is -3.60. The van der Waals surface area contributed by atoms with Gasteiger partial charge < -0.3 is 14.7 Å². The highest BCUT2D eigenvalue weighted by Crippen LogP contribution is 2.49. The van der Waals surface area contributed by atoms with E-state index in [1.54, 1.807) is 7.11 Å². The van der Waals surface area contributed by atoms with Crippen molar-refractivity contribution in [2.75, 3.05) is 13.7 Å². The number of carboxylic acids is 1. The molecule has 0 spiro atoms. The van der Waals surface area contributed by atoms with E-state index in [9.17, 15) is 14.7 Å². The Morgan fingerprint density at radius 3 is 2.36 bits per heavy atom. The predicted octanol–water partition coefficient (Wildman–Crippen LogP) is 4.42. The van der Waals surface area contributed by atoms with Gasteiger partial charge in [-0.2, -0.15) is 0 Å². The molecule has 3 aromatic carbocycles. The van der Waals surface area contributed by atoms with Crippen molar-refractivity contribution < 1.29 is 19.4 Å². The fourth-order valence-electron chi connectivity index (χ4n) is 5.77. The largest absolute Gasteiger partial charge is 0.497 e. The van der Waals surface area contributed by atoms with Crippen LogP contribution in [0.15, 0.2) is 78.9 Å². The average molecular weight is 442 g/mol. The number of likely N-dealkylation sites (tertiary alicyclic amines) is 1. The third-order valence-electron chi connectivity index (χ3n) is 7.21. The first-order valence-corrected chi connectivity index (χ1v) is 11.4. The molecule has 3 aromatic rings. The number of carbonyl (C=O) groups excluding carboxylic acids is 1. The van der Waals surface area contributed by atoms with Crippen LogP contribution in [0.1, 0.15) is 33.0 Å². The number of ether oxygens (including phenoxy) is 1. The standard InChI is InChI=1S/C28H27NO4/c1-33-22-13-12-20-15-21-17-29(27(30)19-10-6-3-7-11-19)24(14-18-8-4-2-5-9-18)25(21)26(28(31)32)23(20)16-22/h2-13,16,21,24-26H,14-15,17H2,1H3,(H,31,32)/t21-,24+,25+,26-/m1/s1. The Labute approximate surface area is 193 Å². The van der Waals surface area contributed by atoms with Crippen molar-refractivity contribution >= 4 is 11.9 Å². The van der Waals surface area contributed by atoms with Crippen molar-refractivity contribution in [3.8, 4) is 5.75 Å². The van der Waals surface area contributed by atoms with Gasteiger partial charge in [0, 0.05) is 24.1 Å². The summed E-state index contributed by atoms with van der Waals surface area (Å²) >= 11 is 0. The molecule has 0 aromatic heterocycles. The van der Waals surface area contributed by atoms with Crippen molar-refractivity contribution in [1.82, 2.24) is 4.90 Å². The van der Waals surface area contributed by atoms with E-state index in [1.807, 2.05) is 83.8 Å². The van der Waals surface area contributed by atoms with Crippen molar-refractivity contribution in [2.45, 2.75) is 24.8 Å². The van der Waals surface area contributed by atoms with Gasteiger partial charge in [-0.25, -0.2) is 0 Å². The van der Waals surface area contributed by atoms with Crippen molar-refractivity contribution in [1.29, 1.82) is 0 Å². The number of benzene rings is 3. The van der Waals surface area contributed by atoms with E-state index in [0.717, 1.165) is 23.1 Å². The van der Waals surface area contributed by atoms with Crippen LogP contribution in [0.4, 0.5) is 0 Å². The lowest BCUT2D eigenvalue weighted by atomic mass is 9.67. The number of amides is 1. The van der Waals surface area contributed by atoms with Crippen LogP contribution in [0.5, 0.6) is 5.75 Å². The second kappa shape index (κ2) is 8.74. The molecule has 0 radical (unpaired) electrons. The summed E-state index contributed by atoms with van der Waals surface area (Å²) in [4.78, 5) is 28.2. The van der Waals surface area contributed by atoms with Gasteiger partial charge in [0.25, 0.3) is 5.91 Å². The number of hydrogen-bond acceptors (Lipinski definition) is 3.